The highest BCUT2D eigenvalue weighted by atomic mass is 35.5. The van der Waals surface area contributed by atoms with Crippen LogP contribution in [-0.4, -0.2) is 22.2 Å². The molecule has 0 saturated heterocycles. The summed E-state index contributed by atoms with van der Waals surface area (Å²) in [7, 11) is 0. The molecule has 0 saturated carbocycles. The number of thiophene rings is 1. The number of nitrogens with zero attached hydrogens (tertiary/aromatic N) is 2. The molecule has 0 spiro atoms. The van der Waals surface area contributed by atoms with Gasteiger partial charge < -0.3 is 5.32 Å². The highest BCUT2D eigenvalue weighted by molar-refractivity contribution is 7.10. The standard InChI is InChI=1S/C18H18ClN3OS/c1-12-9-13(2)22(21-12)16(17-7-4-8-24-17)11-20-18(23)14-5-3-6-15(19)10-14/h3-10,16H,11H2,1-2H3,(H,20,23)/t16-/m1/s1. The summed E-state index contributed by atoms with van der Waals surface area (Å²) in [5, 5.41) is 10.2. The Kier molecular flexibility index (Phi) is 5.02. The van der Waals surface area contributed by atoms with E-state index < -0.39 is 0 Å². The Morgan fingerprint density at radius 1 is 1.29 bits per heavy atom. The number of aromatic nitrogens is 2. The van der Waals surface area contributed by atoms with Gasteiger partial charge >= 0.3 is 0 Å². The molecular formula is C18H18ClN3OS. The highest BCUT2D eigenvalue weighted by Gasteiger charge is 2.19. The maximum atomic E-state index is 12.4. The lowest BCUT2D eigenvalue weighted by Crippen LogP contribution is -2.31. The first-order chi connectivity index (χ1) is 11.5. The van der Waals surface area contributed by atoms with E-state index in [1.165, 1.54) is 0 Å². The van der Waals surface area contributed by atoms with Crippen molar-refractivity contribution in [3.05, 3.63) is 74.7 Å². The molecule has 24 heavy (non-hydrogen) atoms. The van der Waals surface area contributed by atoms with E-state index in [4.69, 9.17) is 11.6 Å². The summed E-state index contributed by atoms with van der Waals surface area (Å²) in [5.41, 5.74) is 2.60. The maximum absolute atomic E-state index is 12.4. The molecule has 1 amide bonds. The number of rotatable bonds is 5. The van der Waals surface area contributed by atoms with Gasteiger partial charge in [-0.2, -0.15) is 5.10 Å². The number of hydrogen-bond acceptors (Lipinski definition) is 3. The average Bonchev–Trinajstić information content (AvgIpc) is 3.18. The second-order valence-electron chi connectivity index (χ2n) is 5.62. The average molecular weight is 360 g/mol. The van der Waals surface area contributed by atoms with E-state index >= 15 is 0 Å². The minimum absolute atomic E-state index is 0.0261. The second kappa shape index (κ2) is 7.20. The third kappa shape index (κ3) is 3.68. The van der Waals surface area contributed by atoms with E-state index in [1.54, 1.807) is 35.6 Å². The fourth-order valence-electron chi connectivity index (χ4n) is 2.67. The molecule has 0 radical (unpaired) electrons. The molecular weight excluding hydrogens is 342 g/mol. The smallest absolute Gasteiger partial charge is 0.251 e. The number of hydrogen-bond donors (Lipinski definition) is 1. The van der Waals surface area contributed by atoms with Crippen LogP contribution in [0.25, 0.3) is 0 Å². The third-order valence-corrected chi connectivity index (χ3v) is 4.96. The van der Waals surface area contributed by atoms with Crippen molar-refractivity contribution in [2.45, 2.75) is 19.9 Å². The van der Waals surface area contributed by atoms with Crippen molar-refractivity contribution in [3.8, 4) is 0 Å². The van der Waals surface area contributed by atoms with Crippen molar-refractivity contribution in [2.24, 2.45) is 0 Å². The lowest BCUT2D eigenvalue weighted by Gasteiger charge is -2.19. The molecule has 1 N–H and O–H groups in total. The molecule has 0 fully saturated rings. The van der Waals surface area contributed by atoms with Gasteiger partial charge in [-0.05, 0) is 49.6 Å². The normalized spacial score (nSPS) is 12.1. The van der Waals surface area contributed by atoms with Crippen molar-refractivity contribution in [3.63, 3.8) is 0 Å². The van der Waals surface area contributed by atoms with E-state index in [0.717, 1.165) is 16.3 Å². The summed E-state index contributed by atoms with van der Waals surface area (Å²) in [6.07, 6.45) is 0. The quantitative estimate of drug-likeness (QED) is 0.740. The van der Waals surface area contributed by atoms with Gasteiger partial charge in [0.25, 0.3) is 5.91 Å². The van der Waals surface area contributed by atoms with Crippen LogP contribution in [0.1, 0.15) is 32.7 Å². The summed E-state index contributed by atoms with van der Waals surface area (Å²) in [5.74, 6) is -0.138. The topological polar surface area (TPSA) is 46.9 Å². The minimum Gasteiger partial charge on any atom is -0.350 e. The Labute approximate surface area is 150 Å². The van der Waals surface area contributed by atoms with Gasteiger partial charge in [0.1, 0.15) is 6.04 Å². The molecule has 3 aromatic rings. The lowest BCUT2D eigenvalue weighted by atomic mass is 10.2. The minimum atomic E-state index is -0.138. The molecule has 1 atom stereocenters. The number of aryl methyl sites for hydroxylation is 2. The highest BCUT2D eigenvalue weighted by Crippen LogP contribution is 2.24. The zero-order valence-corrected chi connectivity index (χ0v) is 15.1. The van der Waals surface area contributed by atoms with Crippen molar-refractivity contribution >= 4 is 28.8 Å². The summed E-state index contributed by atoms with van der Waals surface area (Å²) in [6, 6.07) is 13.0. The van der Waals surface area contributed by atoms with E-state index in [0.29, 0.717) is 17.1 Å². The van der Waals surface area contributed by atoms with Crippen molar-refractivity contribution < 1.29 is 4.79 Å². The SMILES string of the molecule is Cc1cc(C)n([C@H](CNC(=O)c2cccc(Cl)c2)c2cccs2)n1. The van der Waals surface area contributed by atoms with Crippen molar-refractivity contribution in [1.82, 2.24) is 15.1 Å². The summed E-state index contributed by atoms with van der Waals surface area (Å²) >= 11 is 7.62. The number of nitrogens with one attached hydrogen (secondary N) is 1. The molecule has 0 aliphatic rings. The number of amides is 1. The third-order valence-electron chi connectivity index (χ3n) is 3.75. The molecule has 2 heterocycles. The monoisotopic (exact) mass is 359 g/mol. The summed E-state index contributed by atoms with van der Waals surface area (Å²) in [6.45, 7) is 4.47. The van der Waals surface area contributed by atoms with Crippen LogP contribution in [-0.2, 0) is 0 Å². The Hall–Kier alpha value is -2.11. The maximum Gasteiger partial charge on any atom is 0.251 e. The molecule has 2 aromatic heterocycles. The second-order valence-corrected chi connectivity index (χ2v) is 7.04. The predicted octanol–water partition coefficient (Wildman–Crippen LogP) is 4.23. The van der Waals surface area contributed by atoms with Gasteiger partial charge in [0, 0.05) is 27.7 Å². The van der Waals surface area contributed by atoms with Crippen LogP contribution < -0.4 is 5.32 Å². The van der Waals surface area contributed by atoms with Gasteiger partial charge in [-0.15, -0.1) is 11.3 Å². The van der Waals surface area contributed by atoms with Crippen LogP contribution in [0.15, 0.2) is 47.8 Å². The Balaban J connectivity index is 1.80. The largest absolute Gasteiger partial charge is 0.350 e. The summed E-state index contributed by atoms with van der Waals surface area (Å²) < 4.78 is 1.97. The predicted molar refractivity (Wildman–Crippen MR) is 97.9 cm³/mol. The fraction of sp³-hybridized carbons (Fsp3) is 0.222. The summed E-state index contributed by atoms with van der Waals surface area (Å²) in [4.78, 5) is 13.6. The Morgan fingerprint density at radius 2 is 2.12 bits per heavy atom. The number of carbonyl (C=O) groups excluding carboxylic acids is 1. The number of halogens is 1. The fourth-order valence-corrected chi connectivity index (χ4v) is 3.67. The van der Waals surface area contributed by atoms with E-state index in [-0.39, 0.29) is 11.9 Å². The first-order valence-corrected chi connectivity index (χ1v) is 8.90. The molecule has 0 bridgehead atoms. The number of carbonyl (C=O) groups is 1. The van der Waals surface area contributed by atoms with Gasteiger partial charge in [-0.25, -0.2) is 0 Å². The van der Waals surface area contributed by atoms with Gasteiger partial charge in [0.05, 0.1) is 5.69 Å². The molecule has 0 aliphatic heterocycles. The van der Waals surface area contributed by atoms with E-state index in [2.05, 4.69) is 16.5 Å². The Morgan fingerprint density at radius 3 is 2.75 bits per heavy atom. The molecule has 0 unspecified atom stereocenters. The van der Waals surface area contributed by atoms with Crippen LogP contribution in [0.4, 0.5) is 0 Å². The number of benzene rings is 1. The molecule has 4 nitrogen and oxygen atoms in total. The van der Waals surface area contributed by atoms with E-state index in [1.807, 2.05) is 36.0 Å². The molecule has 3 rings (SSSR count). The molecule has 124 valence electrons. The van der Waals surface area contributed by atoms with Gasteiger partial charge in [-0.1, -0.05) is 23.7 Å². The Bertz CT molecular complexity index is 842. The molecule has 1 aromatic carbocycles. The lowest BCUT2D eigenvalue weighted by molar-refractivity contribution is 0.0949. The van der Waals surface area contributed by atoms with Gasteiger partial charge in [-0.3, -0.25) is 9.48 Å². The van der Waals surface area contributed by atoms with Crippen LogP contribution in [0, 0.1) is 13.8 Å². The van der Waals surface area contributed by atoms with Crippen LogP contribution in [0.3, 0.4) is 0 Å². The molecule has 0 aliphatic carbocycles. The van der Waals surface area contributed by atoms with Gasteiger partial charge in [0.2, 0.25) is 0 Å². The van der Waals surface area contributed by atoms with Crippen LogP contribution in [0.5, 0.6) is 0 Å². The van der Waals surface area contributed by atoms with Crippen LogP contribution in [0.2, 0.25) is 5.02 Å². The van der Waals surface area contributed by atoms with Crippen molar-refractivity contribution in [2.75, 3.05) is 6.54 Å². The van der Waals surface area contributed by atoms with Crippen molar-refractivity contribution in [1.29, 1.82) is 0 Å². The molecule has 6 heteroatoms. The first-order valence-electron chi connectivity index (χ1n) is 7.64. The van der Waals surface area contributed by atoms with Crippen LogP contribution >= 0.6 is 22.9 Å². The first kappa shape index (κ1) is 16.7. The van der Waals surface area contributed by atoms with Gasteiger partial charge in [0.15, 0.2) is 0 Å². The zero-order valence-electron chi connectivity index (χ0n) is 13.5. The zero-order chi connectivity index (χ0) is 17.1. The van der Waals surface area contributed by atoms with E-state index in [9.17, 15) is 4.79 Å².